The minimum absolute atomic E-state index is 0.0381. The topological polar surface area (TPSA) is 71.8 Å². The first-order chi connectivity index (χ1) is 15.2. The first-order valence-corrected chi connectivity index (χ1v) is 10.6. The zero-order valence-electron chi connectivity index (χ0n) is 17.2. The molecule has 31 heavy (non-hydrogen) atoms. The fourth-order valence-electron chi connectivity index (χ4n) is 4.58. The molecule has 1 N–H and O–H groups in total. The molecular weight excluding hydrogens is 392 g/mol. The molecule has 0 atom stereocenters. The molecular formula is C25H24N2O4. The number of carbonyl (C=O) groups excluding carboxylic acids is 2. The summed E-state index contributed by atoms with van der Waals surface area (Å²) in [5.74, 6) is 0.105. The van der Waals surface area contributed by atoms with E-state index in [4.69, 9.17) is 9.15 Å². The van der Waals surface area contributed by atoms with Gasteiger partial charge in [-0.15, -0.1) is 0 Å². The van der Waals surface area contributed by atoms with Crippen molar-refractivity contribution in [3.8, 4) is 0 Å². The molecule has 158 valence electrons. The van der Waals surface area contributed by atoms with E-state index >= 15 is 0 Å². The number of amides is 2. The lowest BCUT2D eigenvalue weighted by molar-refractivity contribution is -0.125. The second-order valence-corrected chi connectivity index (χ2v) is 8.04. The minimum atomic E-state index is -0.623. The van der Waals surface area contributed by atoms with Crippen LogP contribution in [0.4, 0.5) is 11.4 Å². The van der Waals surface area contributed by atoms with Crippen molar-refractivity contribution < 1.29 is 18.7 Å². The lowest BCUT2D eigenvalue weighted by Gasteiger charge is -2.36. The number of hydrogen-bond donors (Lipinski definition) is 1. The van der Waals surface area contributed by atoms with E-state index in [1.54, 1.807) is 17.0 Å². The molecule has 2 amide bonds. The first-order valence-electron chi connectivity index (χ1n) is 10.6. The van der Waals surface area contributed by atoms with E-state index in [-0.39, 0.29) is 11.8 Å². The van der Waals surface area contributed by atoms with Crippen LogP contribution in [0.25, 0.3) is 0 Å². The van der Waals surface area contributed by atoms with Crippen LogP contribution in [0.1, 0.15) is 34.5 Å². The number of carbonyl (C=O) groups is 2. The van der Waals surface area contributed by atoms with Crippen LogP contribution in [0.2, 0.25) is 0 Å². The van der Waals surface area contributed by atoms with Crippen LogP contribution in [0.15, 0.2) is 71.3 Å². The van der Waals surface area contributed by atoms with Crippen LogP contribution < -0.4 is 10.2 Å². The van der Waals surface area contributed by atoms with E-state index in [1.807, 2.05) is 48.5 Å². The molecule has 2 aliphatic heterocycles. The molecule has 5 rings (SSSR count). The molecule has 1 fully saturated rings. The molecule has 0 radical (unpaired) electrons. The molecule has 1 saturated heterocycles. The van der Waals surface area contributed by atoms with Gasteiger partial charge in [0.25, 0.3) is 5.91 Å². The lowest BCUT2D eigenvalue weighted by atomic mass is 9.73. The van der Waals surface area contributed by atoms with Gasteiger partial charge in [0.1, 0.15) is 0 Å². The molecule has 0 saturated carbocycles. The molecule has 2 aliphatic rings. The summed E-state index contributed by atoms with van der Waals surface area (Å²) >= 11 is 0. The first kappa shape index (κ1) is 19.6. The Balaban J connectivity index is 1.42. The normalized spacial score (nSPS) is 17.2. The van der Waals surface area contributed by atoms with Crippen molar-refractivity contribution in [2.45, 2.75) is 24.7 Å². The number of nitrogens with zero attached hydrogens (tertiary/aromatic N) is 1. The summed E-state index contributed by atoms with van der Waals surface area (Å²) in [6.45, 7) is 1.70. The Hall–Kier alpha value is -3.38. The molecule has 2 aromatic carbocycles. The highest BCUT2D eigenvalue weighted by molar-refractivity contribution is 6.06. The highest BCUT2D eigenvalue weighted by Crippen LogP contribution is 2.37. The molecule has 0 spiro atoms. The van der Waals surface area contributed by atoms with Gasteiger partial charge in [-0.2, -0.15) is 0 Å². The molecule has 6 heteroatoms. The molecule has 0 bridgehead atoms. The third-order valence-corrected chi connectivity index (χ3v) is 6.32. The number of rotatable bonds is 4. The maximum absolute atomic E-state index is 13.5. The molecule has 1 aromatic heterocycles. The summed E-state index contributed by atoms with van der Waals surface area (Å²) in [5.41, 5.74) is 2.97. The van der Waals surface area contributed by atoms with Crippen molar-refractivity contribution in [2.75, 3.05) is 30.0 Å². The second kappa shape index (κ2) is 8.04. The van der Waals surface area contributed by atoms with Crippen LogP contribution in [0.5, 0.6) is 0 Å². The molecule has 3 heterocycles. The highest BCUT2D eigenvalue weighted by Gasteiger charge is 2.41. The summed E-state index contributed by atoms with van der Waals surface area (Å²) in [5, 5.41) is 3.12. The van der Waals surface area contributed by atoms with Gasteiger partial charge < -0.3 is 19.4 Å². The van der Waals surface area contributed by atoms with Gasteiger partial charge in [-0.05, 0) is 54.7 Å². The lowest BCUT2D eigenvalue weighted by Crippen LogP contribution is -2.44. The third kappa shape index (κ3) is 3.53. The Kier molecular flexibility index (Phi) is 5.08. The van der Waals surface area contributed by atoms with Gasteiger partial charge in [0, 0.05) is 31.1 Å². The molecule has 3 aromatic rings. The summed E-state index contributed by atoms with van der Waals surface area (Å²) in [6.07, 6.45) is 3.55. The summed E-state index contributed by atoms with van der Waals surface area (Å²) in [4.78, 5) is 28.1. The largest absolute Gasteiger partial charge is 0.459 e. The van der Waals surface area contributed by atoms with Gasteiger partial charge in [-0.3, -0.25) is 9.59 Å². The predicted molar refractivity (Wildman–Crippen MR) is 117 cm³/mol. The average molecular weight is 416 g/mol. The number of furan rings is 1. The van der Waals surface area contributed by atoms with Crippen LogP contribution in [-0.4, -0.2) is 31.6 Å². The second-order valence-electron chi connectivity index (χ2n) is 8.04. The third-order valence-electron chi connectivity index (χ3n) is 6.32. The maximum Gasteiger partial charge on any atom is 0.293 e. The van der Waals surface area contributed by atoms with Gasteiger partial charge in [0.15, 0.2) is 5.76 Å². The van der Waals surface area contributed by atoms with Gasteiger partial charge in [-0.1, -0.05) is 36.4 Å². The Morgan fingerprint density at radius 3 is 2.52 bits per heavy atom. The van der Waals surface area contributed by atoms with Crippen LogP contribution in [-0.2, 0) is 21.4 Å². The Morgan fingerprint density at radius 2 is 1.77 bits per heavy atom. The van der Waals surface area contributed by atoms with Gasteiger partial charge in [-0.25, -0.2) is 0 Å². The molecule has 0 unspecified atom stereocenters. The SMILES string of the molecule is O=C(c1ccco1)N1CCc2ccc(NC(=O)C3(c4ccccc4)CCOCC3)cc21. The fourth-order valence-corrected chi connectivity index (χ4v) is 4.58. The number of ether oxygens (including phenoxy) is 1. The van der Waals surface area contributed by atoms with Gasteiger partial charge in [0.05, 0.1) is 11.7 Å². The Morgan fingerprint density at radius 1 is 0.968 bits per heavy atom. The van der Waals surface area contributed by atoms with Crippen molar-refractivity contribution in [3.05, 3.63) is 83.8 Å². The summed E-state index contributed by atoms with van der Waals surface area (Å²) < 4.78 is 10.8. The molecule has 0 aliphatic carbocycles. The monoisotopic (exact) mass is 416 g/mol. The quantitative estimate of drug-likeness (QED) is 0.693. The summed E-state index contributed by atoms with van der Waals surface area (Å²) in [6, 6.07) is 19.1. The Labute approximate surface area is 180 Å². The van der Waals surface area contributed by atoms with Crippen molar-refractivity contribution >= 4 is 23.2 Å². The minimum Gasteiger partial charge on any atom is -0.459 e. The van der Waals surface area contributed by atoms with Crippen LogP contribution in [0.3, 0.4) is 0 Å². The van der Waals surface area contributed by atoms with Crippen LogP contribution in [0, 0.1) is 0 Å². The van der Waals surface area contributed by atoms with Crippen molar-refractivity contribution in [3.63, 3.8) is 0 Å². The molecule has 6 nitrogen and oxygen atoms in total. The summed E-state index contributed by atoms with van der Waals surface area (Å²) in [7, 11) is 0. The van der Waals surface area contributed by atoms with Crippen molar-refractivity contribution in [2.24, 2.45) is 0 Å². The van der Waals surface area contributed by atoms with E-state index < -0.39 is 5.41 Å². The van der Waals surface area contributed by atoms with Crippen molar-refractivity contribution in [1.82, 2.24) is 0 Å². The van der Waals surface area contributed by atoms with E-state index in [1.165, 1.54) is 6.26 Å². The zero-order chi connectivity index (χ0) is 21.3. The van der Waals surface area contributed by atoms with Crippen molar-refractivity contribution in [1.29, 1.82) is 0 Å². The number of anilines is 2. The van der Waals surface area contributed by atoms with Gasteiger partial charge >= 0.3 is 0 Å². The van der Waals surface area contributed by atoms with E-state index in [0.717, 1.165) is 23.2 Å². The number of fused-ring (bicyclic) bond motifs is 1. The average Bonchev–Trinajstić information content (AvgIpc) is 3.50. The Bertz CT molecular complexity index is 1090. The van der Waals surface area contributed by atoms with E-state index in [9.17, 15) is 9.59 Å². The zero-order valence-corrected chi connectivity index (χ0v) is 17.2. The number of benzene rings is 2. The van der Waals surface area contributed by atoms with Gasteiger partial charge in [0.2, 0.25) is 5.91 Å². The van der Waals surface area contributed by atoms with E-state index in [0.29, 0.717) is 44.0 Å². The van der Waals surface area contributed by atoms with E-state index in [2.05, 4.69) is 5.32 Å². The smallest absolute Gasteiger partial charge is 0.293 e. The predicted octanol–water partition coefficient (Wildman–Crippen LogP) is 4.17. The highest BCUT2D eigenvalue weighted by atomic mass is 16.5. The van der Waals surface area contributed by atoms with Crippen LogP contribution >= 0.6 is 0 Å². The standard InChI is InChI=1S/C25H24N2O4/c28-23(22-7-4-14-31-22)27-13-10-18-8-9-20(17-21(18)27)26-24(29)25(11-15-30-16-12-25)19-5-2-1-3-6-19/h1-9,14,17H,10-13,15-16H2,(H,26,29). The number of hydrogen-bond acceptors (Lipinski definition) is 4. The maximum atomic E-state index is 13.5. The fraction of sp³-hybridized carbons (Fsp3) is 0.280. The number of nitrogens with one attached hydrogen (secondary N) is 1.